The summed E-state index contributed by atoms with van der Waals surface area (Å²) in [6.07, 6.45) is 9.03. The van der Waals surface area contributed by atoms with Gasteiger partial charge in [0.15, 0.2) is 0 Å². The number of ether oxygens (including phenoxy) is 1. The van der Waals surface area contributed by atoms with E-state index in [1.807, 2.05) is 0 Å². The Morgan fingerprint density at radius 3 is 2.62 bits per heavy atom. The minimum absolute atomic E-state index is 0.0127. The van der Waals surface area contributed by atoms with Crippen LogP contribution in [0, 0.1) is 5.92 Å². The molecule has 0 aromatic heterocycles. The number of piperidine rings is 1. The van der Waals surface area contributed by atoms with Gasteiger partial charge < -0.3 is 20.1 Å². The molecule has 2 N–H and O–H groups in total. The third-order valence-corrected chi connectivity index (χ3v) is 4.09. The van der Waals surface area contributed by atoms with Crippen LogP contribution >= 0.6 is 0 Å². The number of likely N-dealkylation sites (tertiary alicyclic amines) is 1. The Morgan fingerprint density at radius 1 is 1.24 bits per heavy atom. The number of aliphatic carboxylic acids is 1. The standard InChI is InChI=1S/C15H24N2O4/c18-14(19)11-21-13-6-8-17(9-7-13)15(20)16-10-12-4-2-1-3-5-12/h1-2,12-13H,3-11H2,(H,16,20)(H,18,19). The fourth-order valence-electron chi connectivity index (χ4n) is 2.80. The number of allylic oxidation sites excluding steroid dienone is 2. The molecule has 1 unspecified atom stereocenters. The summed E-state index contributed by atoms with van der Waals surface area (Å²) in [6.45, 7) is 1.73. The van der Waals surface area contributed by atoms with Crippen molar-refractivity contribution in [3.63, 3.8) is 0 Å². The summed E-state index contributed by atoms with van der Waals surface area (Å²) < 4.78 is 5.26. The second-order valence-electron chi connectivity index (χ2n) is 5.73. The molecule has 2 aliphatic rings. The topological polar surface area (TPSA) is 78.9 Å². The highest BCUT2D eigenvalue weighted by Gasteiger charge is 2.24. The van der Waals surface area contributed by atoms with Crippen LogP contribution in [0.4, 0.5) is 4.79 Å². The van der Waals surface area contributed by atoms with Crippen molar-refractivity contribution in [3.05, 3.63) is 12.2 Å². The van der Waals surface area contributed by atoms with E-state index >= 15 is 0 Å². The van der Waals surface area contributed by atoms with E-state index in [1.54, 1.807) is 4.90 Å². The summed E-state index contributed by atoms with van der Waals surface area (Å²) in [5.41, 5.74) is 0. The summed E-state index contributed by atoms with van der Waals surface area (Å²) >= 11 is 0. The van der Waals surface area contributed by atoms with Gasteiger partial charge in [0.1, 0.15) is 6.61 Å². The number of nitrogens with one attached hydrogen (secondary N) is 1. The van der Waals surface area contributed by atoms with Crippen LogP contribution in [0.3, 0.4) is 0 Å². The molecule has 0 radical (unpaired) electrons. The van der Waals surface area contributed by atoms with Crippen LogP contribution in [0.5, 0.6) is 0 Å². The zero-order valence-electron chi connectivity index (χ0n) is 12.3. The lowest BCUT2D eigenvalue weighted by atomic mass is 9.94. The van der Waals surface area contributed by atoms with Crippen LogP contribution in [-0.4, -0.2) is 54.4 Å². The van der Waals surface area contributed by atoms with Gasteiger partial charge in [0.2, 0.25) is 0 Å². The number of amides is 2. The van der Waals surface area contributed by atoms with Gasteiger partial charge in [-0.15, -0.1) is 0 Å². The maximum absolute atomic E-state index is 12.1. The molecule has 21 heavy (non-hydrogen) atoms. The van der Waals surface area contributed by atoms with Gasteiger partial charge in [-0.2, -0.15) is 0 Å². The Kier molecular flexibility index (Phi) is 6.04. The Morgan fingerprint density at radius 2 is 2.00 bits per heavy atom. The lowest BCUT2D eigenvalue weighted by Gasteiger charge is -2.32. The minimum Gasteiger partial charge on any atom is -0.480 e. The van der Waals surface area contributed by atoms with Crippen LogP contribution in [-0.2, 0) is 9.53 Å². The SMILES string of the molecule is O=C(O)COC1CCN(C(=O)NCC2CC=CCC2)CC1. The number of rotatable bonds is 5. The molecule has 1 fully saturated rings. The predicted molar refractivity (Wildman–Crippen MR) is 78.1 cm³/mol. The van der Waals surface area contributed by atoms with Gasteiger partial charge in [0.05, 0.1) is 6.10 Å². The first kappa shape index (κ1) is 15.8. The molecule has 1 aliphatic carbocycles. The van der Waals surface area contributed by atoms with Crippen molar-refractivity contribution in [1.29, 1.82) is 0 Å². The Balaban J connectivity index is 1.63. The molecule has 1 aliphatic heterocycles. The third kappa shape index (κ3) is 5.38. The quantitative estimate of drug-likeness (QED) is 0.756. The maximum Gasteiger partial charge on any atom is 0.329 e. The van der Waals surface area contributed by atoms with E-state index in [-0.39, 0.29) is 18.7 Å². The average molecular weight is 296 g/mol. The third-order valence-electron chi connectivity index (χ3n) is 4.09. The molecule has 6 nitrogen and oxygen atoms in total. The second-order valence-corrected chi connectivity index (χ2v) is 5.73. The van der Waals surface area contributed by atoms with Gasteiger partial charge in [-0.25, -0.2) is 9.59 Å². The van der Waals surface area contributed by atoms with Crippen molar-refractivity contribution in [2.75, 3.05) is 26.2 Å². The van der Waals surface area contributed by atoms with Crippen molar-refractivity contribution in [2.24, 2.45) is 5.92 Å². The molecule has 0 spiro atoms. The van der Waals surface area contributed by atoms with E-state index in [0.29, 0.717) is 31.8 Å². The smallest absolute Gasteiger partial charge is 0.329 e. The maximum atomic E-state index is 12.1. The summed E-state index contributed by atoms with van der Waals surface area (Å²) in [5.74, 6) is -0.396. The zero-order chi connectivity index (χ0) is 15.1. The lowest BCUT2D eigenvalue weighted by molar-refractivity contribution is -0.145. The van der Waals surface area contributed by atoms with Gasteiger partial charge in [-0.3, -0.25) is 0 Å². The molecule has 0 saturated carbocycles. The number of carbonyl (C=O) groups excluding carboxylic acids is 1. The number of urea groups is 1. The van der Waals surface area contributed by atoms with Gasteiger partial charge in [0.25, 0.3) is 0 Å². The summed E-state index contributed by atoms with van der Waals surface area (Å²) in [4.78, 5) is 24.3. The summed E-state index contributed by atoms with van der Waals surface area (Å²) in [7, 11) is 0. The average Bonchev–Trinajstić information content (AvgIpc) is 2.52. The first-order valence-electron chi connectivity index (χ1n) is 7.66. The van der Waals surface area contributed by atoms with Crippen LogP contribution in [0.25, 0.3) is 0 Å². The molecule has 0 aromatic rings. The highest BCUT2D eigenvalue weighted by Crippen LogP contribution is 2.17. The van der Waals surface area contributed by atoms with Crippen LogP contribution in [0.2, 0.25) is 0 Å². The van der Waals surface area contributed by atoms with Crippen molar-refractivity contribution in [3.8, 4) is 0 Å². The van der Waals surface area contributed by atoms with Crippen LogP contribution in [0.1, 0.15) is 32.1 Å². The van der Waals surface area contributed by atoms with Gasteiger partial charge in [-0.05, 0) is 38.0 Å². The molecule has 1 saturated heterocycles. The largest absolute Gasteiger partial charge is 0.480 e. The van der Waals surface area contributed by atoms with Crippen LogP contribution in [0.15, 0.2) is 12.2 Å². The van der Waals surface area contributed by atoms with E-state index < -0.39 is 5.97 Å². The molecule has 2 rings (SSSR count). The fraction of sp³-hybridized carbons (Fsp3) is 0.733. The number of nitrogens with zero attached hydrogens (tertiary/aromatic N) is 1. The minimum atomic E-state index is -0.947. The Labute approximate surface area is 125 Å². The highest BCUT2D eigenvalue weighted by atomic mass is 16.5. The molecule has 2 amide bonds. The molecule has 0 aromatic carbocycles. The van der Waals surface area contributed by atoms with Crippen LogP contribution < -0.4 is 5.32 Å². The fourth-order valence-corrected chi connectivity index (χ4v) is 2.80. The second kappa shape index (κ2) is 8.02. The van der Waals surface area contributed by atoms with E-state index in [9.17, 15) is 9.59 Å². The van der Waals surface area contributed by atoms with Gasteiger partial charge >= 0.3 is 12.0 Å². The molecule has 1 heterocycles. The predicted octanol–water partition coefficient (Wildman–Crippen LogP) is 1.62. The Hall–Kier alpha value is -1.56. The summed E-state index contributed by atoms with van der Waals surface area (Å²) in [5, 5.41) is 11.6. The van der Waals surface area contributed by atoms with Gasteiger partial charge in [0, 0.05) is 19.6 Å². The van der Waals surface area contributed by atoms with E-state index in [0.717, 1.165) is 25.8 Å². The first-order valence-corrected chi connectivity index (χ1v) is 7.66. The monoisotopic (exact) mass is 296 g/mol. The van der Waals surface area contributed by atoms with Crippen molar-refractivity contribution >= 4 is 12.0 Å². The molecule has 0 bridgehead atoms. The lowest BCUT2D eigenvalue weighted by Crippen LogP contribution is -2.47. The molecule has 118 valence electrons. The molecular weight excluding hydrogens is 272 g/mol. The van der Waals surface area contributed by atoms with Crippen molar-refractivity contribution in [1.82, 2.24) is 10.2 Å². The van der Waals surface area contributed by atoms with E-state index in [4.69, 9.17) is 9.84 Å². The highest BCUT2D eigenvalue weighted by molar-refractivity contribution is 5.74. The first-order chi connectivity index (χ1) is 10.1. The number of carbonyl (C=O) groups is 2. The normalized spacial score (nSPS) is 23.0. The number of hydrogen-bond acceptors (Lipinski definition) is 3. The molecular formula is C15H24N2O4. The summed E-state index contributed by atoms with van der Waals surface area (Å²) in [6, 6.07) is -0.0127. The van der Waals surface area contributed by atoms with Gasteiger partial charge in [-0.1, -0.05) is 12.2 Å². The van der Waals surface area contributed by atoms with E-state index in [1.165, 1.54) is 0 Å². The Bertz CT molecular complexity index is 389. The number of carboxylic acid groups (broad SMARTS) is 1. The van der Waals surface area contributed by atoms with Crippen molar-refractivity contribution in [2.45, 2.75) is 38.2 Å². The number of carboxylic acids is 1. The molecule has 1 atom stereocenters. The zero-order valence-corrected chi connectivity index (χ0v) is 12.3. The number of hydrogen-bond donors (Lipinski definition) is 2. The molecule has 6 heteroatoms. The van der Waals surface area contributed by atoms with E-state index in [2.05, 4.69) is 17.5 Å². The van der Waals surface area contributed by atoms with Crippen molar-refractivity contribution < 1.29 is 19.4 Å².